The third-order valence-electron chi connectivity index (χ3n) is 4.89. The predicted octanol–water partition coefficient (Wildman–Crippen LogP) is 2.92. The Bertz CT molecular complexity index is 926. The molecule has 1 aliphatic rings. The van der Waals surface area contributed by atoms with Crippen molar-refractivity contribution in [2.75, 3.05) is 19.6 Å². The maximum atomic E-state index is 12.2. The summed E-state index contributed by atoms with van der Waals surface area (Å²) in [6.07, 6.45) is 2.61. The van der Waals surface area contributed by atoms with Gasteiger partial charge in [-0.25, -0.2) is 13.1 Å². The van der Waals surface area contributed by atoms with E-state index in [1.807, 2.05) is 12.1 Å². The van der Waals surface area contributed by atoms with Crippen LogP contribution in [-0.4, -0.2) is 38.9 Å². The number of amides is 1. The molecule has 2 aromatic carbocycles. The third-order valence-corrected chi connectivity index (χ3v) is 6.85. The van der Waals surface area contributed by atoms with Gasteiger partial charge in [0.1, 0.15) is 4.90 Å². The van der Waals surface area contributed by atoms with Crippen LogP contribution < -0.4 is 10.0 Å². The van der Waals surface area contributed by atoms with Crippen molar-refractivity contribution in [2.45, 2.75) is 37.2 Å². The lowest BCUT2D eigenvalue weighted by Gasteiger charge is -2.14. The van der Waals surface area contributed by atoms with Crippen molar-refractivity contribution < 1.29 is 13.2 Å². The molecule has 6 nitrogen and oxygen atoms in total. The van der Waals surface area contributed by atoms with Crippen LogP contribution in [0.5, 0.6) is 0 Å². The maximum absolute atomic E-state index is 12.2. The molecule has 156 valence electrons. The van der Waals surface area contributed by atoms with Crippen molar-refractivity contribution in [3.05, 3.63) is 64.7 Å². The molecule has 3 rings (SSSR count). The Kier molecular flexibility index (Phi) is 7.66. The molecule has 0 saturated carbocycles. The second-order valence-corrected chi connectivity index (χ2v) is 9.30. The average molecular weight is 436 g/mol. The molecule has 0 unspecified atom stereocenters. The summed E-state index contributed by atoms with van der Waals surface area (Å²) in [5.41, 5.74) is 2.29. The number of nitrogens with zero attached hydrogens (tertiary/aromatic N) is 1. The van der Waals surface area contributed by atoms with Crippen molar-refractivity contribution in [1.82, 2.24) is 14.9 Å². The van der Waals surface area contributed by atoms with Crippen LogP contribution in [0.4, 0.5) is 0 Å². The molecule has 1 heterocycles. The number of carbonyl (C=O) groups is 1. The first-order chi connectivity index (χ1) is 13.9. The van der Waals surface area contributed by atoms with Gasteiger partial charge in [-0.15, -0.1) is 0 Å². The molecule has 29 heavy (non-hydrogen) atoms. The summed E-state index contributed by atoms with van der Waals surface area (Å²) >= 11 is 5.93. The van der Waals surface area contributed by atoms with E-state index in [4.69, 9.17) is 11.6 Å². The molecule has 0 atom stereocenters. The quantitative estimate of drug-likeness (QED) is 0.634. The third kappa shape index (κ3) is 6.54. The molecular formula is C21H26ClN3O3S. The zero-order valence-electron chi connectivity index (χ0n) is 16.2. The molecule has 0 aliphatic carbocycles. The van der Waals surface area contributed by atoms with Crippen LogP contribution >= 0.6 is 11.6 Å². The van der Waals surface area contributed by atoms with Gasteiger partial charge < -0.3 is 5.32 Å². The number of nitrogens with one attached hydrogen (secondary N) is 2. The lowest BCUT2D eigenvalue weighted by molar-refractivity contribution is -0.121. The van der Waals surface area contributed by atoms with Gasteiger partial charge in [0.05, 0.1) is 5.02 Å². The highest BCUT2D eigenvalue weighted by Crippen LogP contribution is 2.20. The van der Waals surface area contributed by atoms with Gasteiger partial charge in [0.25, 0.3) is 0 Å². The highest BCUT2D eigenvalue weighted by atomic mass is 35.5. The summed E-state index contributed by atoms with van der Waals surface area (Å²) in [7, 11) is -3.73. The molecule has 1 fully saturated rings. The summed E-state index contributed by atoms with van der Waals surface area (Å²) in [6, 6.07) is 14.4. The van der Waals surface area contributed by atoms with Gasteiger partial charge in [-0.1, -0.05) is 48.0 Å². The van der Waals surface area contributed by atoms with Crippen LogP contribution in [0.25, 0.3) is 0 Å². The van der Waals surface area contributed by atoms with Crippen LogP contribution in [0.1, 0.15) is 30.4 Å². The number of benzene rings is 2. The largest absolute Gasteiger partial charge is 0.352 e. The molecule has 1 saturated heterocycles. The Morgan fingerprint density at radius 2 is 1.66 bits per heavy atom. The van der Waals surface area contributed by atoms with Crippen LogP contribution in [0.3, 0.4) is 0 Å². The first-order valence-electron chi connectivity index (χ1n) is 9.75. The second-order valence-electron chi connectivity index (χ2n) is 7.15. The molecule has 1 aliphatic heterocycles. The van der Waals surface area contributed by atoms with Gasteiger partial charge in [-0.3, -0.25) is 9.69 Å². The van der Waals surface area contributed by atoms with Gasteiger partial charge in [0.2, 0.25) is 15.9 Å². The smallest absolute Gasteiger partial charge is 0.242 e. The lowest BCUT2D eigenvalue weighted by Crippen LogP contribution is -2.30. The van der Waals surface area contributed by atoms with Crippen LogP contribution in [-0.2, 0) is 27.9 Å². The summed E-state index contributed by atoms with van der Waals surface area (Å²) in [5, 5.41) is 2.97. The summed E-state index contributed by atoms with van der Waals surface area (Å²) in [5.74, 6) is -0.215. The minimum absolute atomic E-state index is 0.00810. The van der Waals surface area contributed by atoms with E-state index in [1.54, 1.807) is 12.1 Å². The zero-order chi connectivity index (χ0) is 20.7. The van der Waals surface area contributed by atoms with Gasteiger partial charge in [0, 0.05) is 26.1 Å². The first-order valence-corrected chi connectivity index (χ1v) is 11.6. The minimum atomic E-state index is -3.73. The highest BCUT2D eigenvalue weighted by Gasteiger charge is 2.17. The monoisotopic (exact) mass is 435 g/mol. The summed E-state index contributed by atoms with van der Waals surface area (Å²) in [6.45, 7) is 3.72. The average Bonchev–Trinajstić information content (AvgIpc) is 3.20. The summed E-state index contributed by atoms with van der Waals surface area (Å²) in [4.78, 5) is 14.5. The number of carbonyl (C=O) groups excluding carboxylic acids is 1. The highest BCUT2D eigenvalue weighted by molar-refractivity contribution is 7.89. The van der Waals surface area contributed by atoms with E-state index in [-0.39, 0.29) is 28.8 Å². The van der Waals surface area contributed by atoms with Crippen LogP contribution in [0.15, 0.2) is 53.4 Å². The second kappa shape index (κ2) is 10.2. The molecule has 0 radical (unpaired) electrons. The van der Waals surface area contributed by atoms with Gasteiger partial charge >= 0.3 is 0 Å². The number of sulfonamides is 1. The van der Waals surface area contributed by atoms with E-state index >= 15 is 0 Å². The molecule has 0 bridgehead atoms. The topological polar surface area (TPSA) is 78.5 Å². The predicted molar refractivity (Wildman–Crippen MR) is 114 cm³/mol. The number of likely N-dealkylation sites (tertiary alicyclic amines) is 1. The Balaban J connectivity index is 1.40. The molecular weight excluding hydrogens is 410 g/mol. The minimum Gasteiger partial charge on any atom is -0.352 e. The van der Waals surface area contributed by atoms with Crippen molar-refractivity contribution in [3.63, 3.8) is 0 Å². The van der Waals surface area contributed by atoms with E-state index in [9.17, 15) is 13.2 Å². The van der Waals surface area contributed by atoms with Gasteiger partial charge in [-0.05, 0) is 49.2 Å². The SMILES string of the molecule is O=C(CCNS(=O)(=O)c1ccccc1Cl)NCc1ccc(CN2CCCC2)cc1. The summed E-state index contributed by atoms with van der Waals surface area (Å²) < 4.78 is 26.9. The van der Waals surface area contributed by atoms with E-state index in [0.29, 0.717) is 6.54 Å². The Morgan fingerprint density at radius 3 is 2.34 bits per heavy atom. The van der Waals surface area contributed by atoms with E-state index in [2.05, 4.69) is 27.1 Å². The lowest BCUT2D eigenvalue weighted by atomic mass is 10.1. The fourth-order valence-electron chi connectivity index (χ4n) is 3.29. The molecule has 2 N–H and O–H groups in total. The van der Waals surface area contributed by atoms with Crippen molar-refractivity contribution >= 4 is 27.5 Å². The Labute approximate surface area is 177 Å². The zero-order valence-corrected chi connectivity index (χ0v) is 17.8. The fourth-order valence-corrected chi connectivity index (χ4v) is 4.84. The van der Waals surface area contributed by atoms with Crippen molar-refractivity contribution in [1.29, 1.82) is 0 Å². The first kappa shape index (κ1) is 21.8. The Morgan fingerprint density at radius 1 is 1.00 bits per heavy atom. The number of hydrogen-bond donors (Lipinski definition) is 2. The number of halogens is 1. The number of hydrogen-bond acceptors (Lipinski definition) is 4. The van der Waals surface area contributed by atoms with Gasteiger partial charge in [0.15, 0.2) is 0 Å². The molecule has 0 aromatic heterocycles. The van der Waals surface area contributed by atoms with Crippen molar-refractivity contribution in [3.8, 4) is 0 Å². The fraction of sp³-hybridized carbons (Fsp3) is 0.381. The molecule has 0 spiro atoms. The van der Waals surface area contributed by atoms with Crippen molar-refractivity contribution in [2.24, 2.45) is 0 Å². The number of rotatable bonds is 9. The molecule has 8 heteroatoms. The van der Waals surface area contributed by atoms with Crippen LogP contribution in [0.2, 0.25) is 5.02 Å². The molecule has 2 aromatic rings. The van der Waals surface area contributed by atoms with Crippen LogP contribution in [0, 0.1) is 0 Å². The maximum Gasteiger partial charge on any atom is 0.242 e. The Hall–Kier alpha value is -1.93. The van der Waals surface area contributed by atoms with E-state index in [0.717, 1.165) is 25.2 Å². The van der Waals surface area contributed by atoms with Gasteiger partial charge in [-0.2, -0.15) is 0 Å². The van der Waals surface area contributed by atoms with E-state index in [1.165, 1.54) is 30.5 Å². The van der Waals surface area contributed by atoms with E-state index < -0.39 is 10.0 Å². The normalized spacial score (nSPS) is 14.8. The molecule has 1 amide bonds. The standard InChI is InChI=1S/C21H26ClN3O3S/c22-19-5-1-2-6-20(19)29(27,28)24-12-11-21(26)23-15-17-7-9-18(10-8-17)16-25-13-3-4-14-25/h1-2,5-10,24H,3-4,11-16H2,(H,23,26).